The van der Waals surface area contributed by atoms with Gasteiger partial charge in [-0.05, 0) is 6.42 Å². The number of carbonyl (C=O) groups excluding carboxylic acids is 2. The summed E-state index contributed by atoms with van der Waals surface area (Å²) in [4.78, 5) is 22.4. The average Bonchev–Trinajstić information content (AvgIpc) is 2.62. The van der Waals surface area contributed by atoms with E-state index in [9.17, 15) is 9.59 Å². The smallest absolute Gasteiger partial charge is 0.330 e. The molecule has 0 unspecified atom stereocenters. The van der Waals surface area contributed by atoms with E-state index in [2.05, 4.69) is 18.8 Å². The van der Waals surface area contributed by atoms with Crippen molar-refractivity contribution in [3.8, 4) is 0 Å². The summed E-state index contributed by atoms with van der Waals surface area (Å²) in [6.45, 7) is 6.15. The molecule has 0 rings (SSSR count). The molecule has 1 N–H and O–H groups in total. The quantitative estimate of drug-likeness (QED) is 0.206. The molecule has 0 fully saturated rings. The van der Waals surface area contributed by atoms with E-state index in [1.165, 1.54) is 70.6 Å². The van der Waals surface area contributed by atoms with Gasteiger partial charge in [-0.3, -0.25) is 4.79 Å². The molecule has 0 aromatic rings. The van der Waals surface area contributed by atoms with E-state index in [1.807, 2.05) is 0 Å². The largest absolute Gasteiger partial charge is 0.461 e. The van der Waals surface area contributed by atoms with Crippen LogP contribution in [-0.2, 0) is 14.3 Å². The molecule has 0 saturated heterocycles. The highest BCUT2D eigenvalue weighted by molar-refractivity contribution is 5.81. The fourth-order valence-electron chi connectivity index (χ4n) is 2.79. The SMILES string of the molecule is C=CC(=O)OCCNC(=O)CCCCCCCCCCCCCCC. The molecule has 0 heterocycles. The number of esters is 1. The van der Waals surface area contributed by atoms with Gasteiger partial charge in [-0.15, -0.1) is 0 Å². The molecule has 0 radical (unpaired) electrons. The van der Waals surface area contributed by atoms with Gasteiger partial charge in [-0.25, -0.2) is 4.79 Å². The third-order valence-corrected chi connectivity index (χ3v) is 4.34. The Balaban J connectivity index is 3.18. The first-order valence-electron chi connectivity index (χ1n) is 10.3. The Hall–Kier alpha value is -1.32. The summed E-state index contributed by atoms with van der Waals surface area (Å²) < 4.78 is 4.79. The molecule has 25 heavy (non-hydrogen) atoms. The molecule has 0 aromatic carbocycles. The third-order valence-electron chi connectivity index (χ3n) is 4.34. The van der Waals surface area contributed by atoms with Crippen molar-refractivity contribution < 1.29 is 14.3 Å². The fraction of sp³-hybridized carbons (Fsp3) is 0.810. The zero-order valence-corrected chi connectivity index (χ0v) is 16.3. The average molecular weight is 354 g/mol. The van der Waals surface area contributed by atoms with Crippen molar-refractivity contribution in [3.05, 3.63) is 12.7 Å². The molecular weight excluding hydrogens is 314 g/mol. The molecule has 146 valence electrons. The topological polar surface area (TPSA) is 55.4 Å². The Morgan fingerprint density at radius 2 is 1.32 bits per heavy atom. The van der Waals surface area contributed by atoms with Crippen LogP contribution in [0.25, 0.3) is 0 Å². The Morgan fingerprint density at radius 3 is 1.80 bits per heavy atom. The van der Waals surface area contributed by atoms with E-state index in [4.69, 9.17) is 4.74 Å². The summed E-state index contributed by atoms with van der Waals surface area (Å²) in [6.07, 6.45) is 18.7. The minimum atomic E-state index is -0.453. The van der Waals surface area contributed by atoms with Gasteiger partial charge in [-0.2, -0.15) is 0 Å². The number of carbonyl (C=O) groups is 2. The summed E-state index contributed by atoms with van der Waals surface area (Å²) in [5.74, 6) is -0.413. The predicted molar refractivity (Wildman–Crippen MR) is 104 cm³/mol. The van der Waals surface area contributed by atoms with Crippen LogP contribution >= 0.6 is 0 Å². The van der Waals surface area contributed by atoms with Gasteiger partial charge in [0.2, 0.25) is 5.91 Å². The number of rotatable bonds is 18. The van der Waals surface area contributed by atoms with Gasteiger partial charge in [0.15, 0.2) is 0 Å². The number of nitrogens with one attached hydrogen (secondary N) is 1. The minimum Gasteiger partial charge on any atom is -0.461 e. The lowest BCUT2D eigenvalue weighted by Crippen LogP contribution is -2.27. The molecule has 0 atom stereocenters. The van der Waals surface area contributed by atoms with Crippen molar-refractivity contribution in [2.75, 3.05) is 13.2 Å². The van der Waals surface area contributed by atoms with E-state index < -0.39 is 5.97 Å². The fourth-order valence-corrected chi connectivity index (χ4v) is 2.79. The molecule has 0 bridgehead atoms. The minimum absolute atomic E-state index is 0.0396. The number of hydrogen-bond donors (Lipinski definition) is 1. The standard InChI is InChI=1S/C21H39NO3/c1-3-5-6-7-8-9-10-11-12-13-14-15-16-17-20(23)22-18-19-25-21(24)4-2/h4H,2-3,5-19H2,1H3,(H,22,23). The van der Waals surface area contributed by atoms with Crippen LogP contribution < -0.4 is 5.32 Å². The van der Waals surface area contributed by atoms with E-state index in [-0.39, 0.29) is 12.5 Å². The summed E-state index contributed by atoms with van der Waals surface area (Å²) in [5, 5.41) is 2.76. The first kappa shape index (κ1) is 23.7. The van der Waals surface area contributed by atoms with Crippen molar-refractivity contribution in [2.24, 2.45) is 0 Å². The lowest BCUT2D eigenvalue weighted by atomic mass is 10.0. The van der Waals surface area contributed by atoms with E-state index in [0.717, 1.165) is 18.9 Å². The second-order valence-electron chi connectivity index (χ2n) is 6.71. The maximum absolute atomic E-state index is 11.6. The Kier molecular flexibility index (Phi) is 18.0. The Labute approximate surface area is 154 Å². The van der Waals surface area contributed by atoms with Crippen molar-refractivity contribution >= 4 is 11.9 Å². The monoisotopic (exact) mass is 353 g/mol. The van der Waals surface area contributed by atoms with Crippen molar-refractivity contribution in [1.29, 1.82) is 0 Å². The van der Waals surface area contributed by atoms with Gasteiger partial charge in [0.25, 0.3) is 0 Å². The van der Waals surface area contributed by atoms with Gasteiger partial charge >= 0.3 is 5.97 Å². The predicted octanol–water partition coefficient (Wildman–Crippen LogP) is 5.31. The van der Waals surface area contributed by atoms with Gasteiger partial charge in [0, 0.05) is 12.5 Å². The van der Waals surface area contributed by atoms with Crippen LogP contribution in [-0.4, -0.2) is 25.0 Å². The van der Waals surface area contributed by atoms with Crippen LogP contribution in [0.1, 0.15) is 96.8 Å². The first-order chi connectivity index (χ1) is 12.2. The number of ether oxygens (including phenoxy) is 1. The van der Waals surface area contributed by atoms with E-state index in [0.29, 0.717) is 13.0 Å². The first-order valence-corrected chi connectivity index (χ1v) is 10.3. The maximum Gasteiger partial charge on any atom is 0.330 e. The molecule has 0 spiro atoms. The zero-order valence-electron chi connectivity index (χ0n) is 16.3. The highest BCUT2D eigenvalue weighted by atomic mass is 16.5. The van der Waals surface area contributed by atoms with Gasteiger partial charge in [0.1, 0.15) is 6.61 Å². The molecule has 0 aliphatic heterocycles. The summed E-state index contributed by atoms with van der Waals surface area (Å²) in [6, 6.07) is 0. The van der Waals surface area contributed by atoms with Crippen molar-refractivity contribution in [1.82, 2.24) is 5.32 Å². The zero-order chi connectivity index (χ0) is 18.6. The van der Waals surface area contributed by atoms with Gasteiger partial charge < -0.3 is 10.1 Å². The van der Waals surface area contributed by atoms with Crippen LogP contribution in [0, 0.1) is 0 Å². The summed E-state index contributed by atoms with van der Waals surface area (Å²) in [7, 11) is 0. The van der Waals surface area contributed by atoms with Crippen LogP contribution in [0.3, 0.4) is 0 Å². The summed E-state index contributed by atoms with van der Waals surface area (Å²) in [5.41, 5.74) is 0. The molecule has 0 saturated carbocycles. The maximum atomic E-state index is 11.6. The van der Waals surface area contributed by atoms with E-state index >= 15 is 0 Å². The highest BCUT2D eigenvalue weighted by Crippen LogP contribution is 2.12. The molecule has 0 aliphatic rings. The van der Waals surface area contributed by atoms with Crippen LogP contribution in [0.4, 0.5) is 0 Å². The van der Waals surface area contributed by atoms with Crippen LogP contribution in [0.15, 0.2) is 12.7 Å². The van der Waals surface area contributed by atoms with Crippen LogP contribution in [0.5, 0.6) is 0 Å². The molecule has 0 aromatic heterocycles. The van der Waals surface area contributed by atoms with Crippen LogP contribution in [0.2, 0.25) is 0 Å². The third kappa shape index (κ3) is 18.9. The van der Waals surface area contributed by atoms with Crippen molar-refractivity contribution in [3.63, 3.8) is 0 Å². The molecular formula is C21H39NO3. The highest BCUT2D eigenvalue weighted by Gasteiger charge is 2.01. The summed E-state index contributed by atoms with van der Waals surface area (Å²) >= 11 is 0. The lowest BCUT2D eigenvalue weighted by Gasteiger charge is -2.05. The van der Waals surface area contributed by atoms with Gasteiger partial charge in [-0.1, -0.05) is 90.6 Å². The number of hydrogen-bond acceptors (Lipinski definition) is 3. The normalized spacial score (nSPS) is 10.4. The van der Waals surface area contributed by atoms with E-state index in [1.54, 1.807) is 0 Å². The number of amides is 1. The van der Waals surface area contributed by atoms with Crippen molar-refractivity contribution in [2.45, 2.75) is 96.8 Å². The molecule has 4 nitrogen and oxygen atoms in total. The molecule has 4 heteroatoms. The molecule has 0 aliphatic carbocycles. The second kappa shape index (κ2) is 19.0. The second-order valence-corrected chi connectivity index (χ2v) is 6.71. The van der Waals surface area contributed by atoms with Gasteiger partial charge in [0.05, 0.1) is 6.54 Å². The Bertz CT molecular complexity index is 342. The molecule has 1 amide bonds. The lowest BCUT2D eigenvalue weighted by molar-refractivity contribution is -0.138. The Morgan fingerprint density at radius 1 is 0.840 bits per heavy atom. The number of unbranched alkanes of at least 4 members (excludes halogenated alkanes) is 12.